The lowest BCUT2D eigenvalue weighted by atomic mass is 9.67. The first-order valence-electron chi connectivity index (χ1n) is 3.24. The van der Waals surface area contributed by atoms with Gasteiger partial charge in [0.2, 0.25) is 0 Å². The molecule has 70 valence electrons. The van der Waals surface area contributed by atoms with E-state index in [4.69, 9.17) is 5.11 Å². The van der Waals surface area contributed by atoms with Gasteiger partial charge in [0.1, 0.15) is 6.17 Å². The maximum Gasteiger partial charge on any atom is 0.405 e. The fraction of sp³-hybridized carbons (Fsp3) is 0.833. The van der Waals surface area contributed by atoms with E-state index >= 15 is 0 Å². The van der Waals surface area contributed by atoms with Crippen LogP contribution in [0.25, 0.3) is 0 Å². The molecule has 6 heteroatoms. The molecule has 0 aromatic heterocycles. The summed E-state index contributed by atoms with van der Waals surface area (Å²) in [6.45, 7) is 0. The number of carbonyl (C=O) groups is 1. The van der Waals surface area contributed by atoms with Gasteiger partial charge in [0.05, 0.1) is 0 Å². The molecule has 1 fully saturated rings. The van der Waals surface area contributed by atoms with Crippen LogP contribution in [0.3, 0.4) is 0 Å². The molecule has 0 spiro atoms. The summed E-state index contributed by atoms with van der Waals surface area (Å²) in [4.78, 5) is 10.2. The number of alkyl halides is 4. The average molecular weight is 186 g/mol. The van der Waals surface area contributed by atoms with E-state index in [0.717, 1.165) is 0 Å². The molecule has 1 N–H and O–H groups in total. The summed E-state index contributed by atoms with van der Waals surface area (Å²) in [6, 6.07) is 0. The monoisotopic (exact) mass is 186 g/mol. The molecular weight excluding hydrogens is 180 g/mol. The number of halogens is 4. The van der Waals surface area contributed by atoms with Crippen molar-refractivity contribution >= 4 is 5.97 Å². The van der Waals surface area contributed by atoms with Crippen LogP contribution in [-0.2, 0) is 4.79 Å². The Hall–Kier alpha value is -0.810. The highest BCUT2D eigenvalue weighted by Gasteiger charge is 2.67. The predicted molar refractivity (Wildman–Crippen MR) is 30.3 cm³/mol. The largest absolute Gasteiger partial charge is 0.481 e. The Morgan fingerprint density at radius 2 is 1.83 bits per heavy atom. The third kappa shape index (κ3) is 1.05. The Bertz CT molecular complexity index is 204. The summed E-state index contributed by atoms with van der Waals surface area (Å²) in [5, 5.41) is 8.25. The summed E-state index contributed by atoms with van der Waals surface area (Å²) in [5.41, 5.74) is -2.83. The van der Waals surface area contributed by atoms with E-state index < -0.39 is 36.6 Å². The second-order valence-electron chi connectivity index (χ2n) is 2.89. The first kappa shape index (κ1) is 9.28. The number of carboxylic acids is 1. The second-order valence-corrected chi connectivity index (χ2v) is 2.89. The molecule has 0 aromatic rings. The quantitative estimate of drug-likeness (QED) is 0.633. The van der Waals surface area contributed by atoms with Crippen molar-refractivity contribution in [1.29, 1.82) is 0 Å². The molecule has 1 rings (SSSR count). The van der Waals surface area contributed by atoms with E-state index in [1.54, 1.807) is 0 Å². The van der Waals surface area contributed by atoms with E-state index in [1.807, 2.05) is 0 Å². The van der Waals surface area contributed by atoms with E-state index in [1.165, 1.54) is 0 Å². The highest BCUT2D eigenvalue weighted by Crippen LogP contribution is 2.54. The maximum atomic E-state index is 12.1. The van der Waals surface area contributed by atoms with E-state index in [9.17, 15) is 22.4 Å². The van der Waals surface area contributed by atoms with Crippen LogP contribution in [0.2, 0.25) is 0 Å². The lowest BCUT2D eigenvalue weighted by molar-refractivity contribution is -0.263. The van der Waals surface area contributed by atoms with Gasteiger partial charge in [-0.05, 0) is 0 Å². The van der Waals surface area contributed by atoms with Gasteiger partial charge in [-0.15, -0.1) is 0 Å². The molecule has 0 amide bonds. The summed E-state index contributed by atoms with van der Waals surface area (Å²) in [6.07, 6.45) is -8.39. The lowest BCUT2D eigenvalue weighted by Gasteiger charge is -2.41. The minimum atomic E-state index is -4.85. The fourth-order valence-electron chi connectivity index (χ4n) is 1.22. The number of rotatable bonds is 1. The molecule has 0 atom stereocenters. The highest BCUT2D eigenvalue weighted by molar-refractivity contribution is 5.77. The molecule has 0 saturated heterocycles. The zero-order valence-electron chi connectivity index (χ0n) is 5.86. The van der Waals surface area contributed by atoms with Gasteiger partial charge in [-0.1, -0.05) is 0 Å². The first-order chi connectivity index (χ1) is 5.29. The normalized spacial score (nSPS) is 35.8. The van der Waals surface area contributed by atoms with Crippen molar-refractivity contribution in [2.45, 2.75) is 25.2 Å². The van der Waals surface area contributed by atoms with Crippen LogP contribution in [0.5, 0.6) is 0 Å². The van der Waals surface area contributed by atoms with Crippen molar-refractivity contribution in [3.05, 3.63) is 0 Å². The van der Waals surface area contributed by atoms with Gasteiger partial charge in [0, 0.05) is 12.8 Å². The van der Waals surface area contributed by atoms with Crippen molar-refractivity contribution in [1.82, 2.24) is 0 Å². The third-order valence-corrected chi connectivity index (χ3v) is 2.09. The Labute approximate surface area is 65.2 Å². The maximum absolute atomic E-state index is 12.1. The average Bonchev–Trinajstić information content (AvgIpc) is 1.76. The number of carboxylic acid groups (broad SMARTS) is 1. The minimum Gasteiger partial charge on any atom is -0.481 e. The van der Waals surface area contributed by atoms with Crippen LogP contribution in [0.4, 0.5) is 17.6 Å². The van der Waals surface area contributed by atoms with Gasteiger partial charge < -0.3 is 5.11 Å². The molecule has 12 heavy (non-hydrogen) atoms. The SMILES string of the molecule is O=C(O)C1(C(F)(F)F)CC(F)C1. The van der Waals surface area contributed by atoms with Crippen molar-refractivity contribution in [2.24, 2.45) is 5.41 Å². The molecule has 0 unspecified atom stereocenters. The molecule has 0 heterocycles. The molecule has 0 radical (unpaired) electrons. The summed E-state index contributed by atoms with van der Waals surface area (Å²) in [5.74, 6) is -1.98. The van der Waals surface area contributed by atoms with Gasteiger partial charge >= 0.3 is 12.1 Å². The number of hydrogen-bond donors (Lipinski definition) is 1. The predicted octanol–water partition coefficient (Wildman–Crippen LogP) is 1.75. The Balaban J connectivity index is 2.84. The Kier molecular flexibility index (Phi) is 1.81. The van der Waals surface area contributed by atoms with Crippen molar-refractivity contribution in [2.75, 3.05) is 0 Å². The van der Waals surface area contributed by atoms with Crippen LogP contribution in [0.15, 0.2) is 0 Å². The number of aliphatic carboxylic acids is 1. The second kappa shape index (κ2) is 2.34. The Morgan fingerprint density at radius 1 is 1.42 bits per heavy atom. The molecule has 1 saturated carbocycles. The summed E-state index contributed by atoms with van der Waals surface area (Å²) >= 11 is 0. The van der Waals surface area contributed by atoms with Crippen molar-refractivity contribution in [3.8, 4) is 0 Å². The molecule has 0 aromatic carbocycles. The summed E-state index contributed by atoms with van der Waals surface area (Å²) in [7, 11) is 0. The van der Waals surface area contributed by atoms with E-state index in [0.29, 0.717) is 0 Å². The molecular formula is C6H6F4O2. The molecule has 1 aliphatic rings. The minimum absolute atomic E-state index is 0.953. The van der Waals surface area contributed by atoms with Gasteiger partial charge in [-0.25, -0.2) is 4.39 Å². The lowest BCUT2D eigenvalue weighted by Crippen LogP contribution is -2.55. The molecule has 0 aliphatic heterocycles. The van der Waals surface area contributed by atoms with Crippen LogP contribution >= 0.6 is 0 Å². The smallest absolute Gasteiger partial charge is 0.405 e. The van der Waals surface area contributed by atoms with Gasteiger partial charge in [-0.3, -0.25) is 4.79 Å². The highest BCUT2D eigenvalue weighted by atomic mass is 19.4. The van der Waals surface area contributed by atoms with Crippen LogP contribution in [0.1, 0.15) is 12.8 Å². The van der Waals surface area contributed by atoms with Gasteiger partial charge in [-0.2, -0.15) is 13.2 Å². The van der Waals surface area contributed by atoms with Crippen LogP contribution in [-0.4, -0.2) is 23.4 Å². The molecule has 2 nitrogen and oxygen atoms in total. The molecule has 0 bridgehead atoms. The zero-order chi connectivity index (χ0) is 9.57. The van der Waals surface area contributed by atoms with E-state index in [-0.39, 0.29) is 0 Å². The standard InChI is InChI=1S/C6H6F4O2/c7-3-1-5(2-3,4(11)12)6(8,9)10/h3H,1-2H2,(H,11,12). The number of hydrogen-bond acceptors (Lipinski definition) is 1. The summed E-state index contributed by atoms with van der Waals surface area (Å²) < 4.78 is 48.2. The van der Waals surface area contributed by atoms with Gasteiger partial charge in [0.25, 0.3) is 0 Å². The van der Waals surface area contributed by atoms with Crippen LogP contribution < -0.4 is 0 Å². The zero-order valence-corrected chi connectivity index (χ0v) is 5.86. The van der Waals surface area contributed by atoms with Gasteiger partial charge in [0.15, 0.2) is 5.41 Å². The van der Waals surface area contributed by atoms with E-state index in [2.05, 4.69) is 0 Å². The van der Waals surface area contributed by atoms with Crippen molar-refractivity contribution in [3.63, 3.8) is 0 Å². The Morgan fingerprint density at radius 3 is 1.92 bits per heavy atom. The van der Waals surface area contributed by atoms with Crippen molar-refractivity contribution < 1.29 is 27.5 Å². The first-order valence-corrected chi connectivity index (χ1v) is 3.24. The topological polar surface area (TPSA) is 37.3 Å². The fourth-order valence-corrected chi connectivity index (χ4v) is 1.22. The van der Waals surface area contributed by atoms with Crippen LogP contribution in [0, 0.1) is 5.41 Å². The molecule has 1 aliphatic carbocycles. The third-order valence-electron chi connectivity index (χ3n) is 2.09.